The van der Waals surface area contributed by atoms with Crippen LogP contribution in [0.1, 0.15) is 0 Å². The van der Waals surface area contributed by atoms with Gasteiger partial charge in [0.1, 0.15) is 0 Å². The van der Waals surface area contributed by atoms with Crippen molar-refractivity contribution < 1.29 is 4.74 Å². The zero-order valence-corrected chi connectivity index (χ0v) is 14.7. The van der Waals surface area contributed by atoms with Crippen molar-refractivity contribution in [3.05, 3.63) is 25.3 Å². The third kappa shape index (κ3) is 6.65. The van der Waals surface area contributed by atoms with Crippen LogP contribution in [0.2, 0.25) is 0 Å². The summed E-state index contributed by atoms with van der Waals surface area (Å²) in [4.78, 5) is 0. The van der Waals surface area contributed by atoms with Crippen LogP contribution in [0.3, 0.4) is 0 Å². The van der Waals surface area contributed by atoms with Crippen molar-refractivity contribution in [3.63, 3.8) is 0 Å². The van der Waals surface area contributed by atoms with Gasteiger partial charge in [-0.2, -0.15) is 0 Å². The molecule has 0 amide bonds. The molecule has 112 valence electrons. The second-order valence-corrected chi connectivity index (χ2v) is 6.81. The molecule has 0 radical (unpaired) electrons. The Kier molecular flexibility index (Phi) is 11.5. The number of alkyl halides is 6. The molecule has 0 aromatic carbocycles. The van der Waals surface area contributed by atoms with E-state index >= 15 is 0 Å². The van der Waals surface area contributed by atoms with E-state index in [9.17, 15) is 0 Å². The van der Waals surface area contributed by atoms with E-state index in [2.05, 4.69) is 13.2 Å². The maximum absolute atomic E-state index is 5.88. The summed E-state index contributed by atoms with van der Waals surface area (Å²) in [7, 11) is 0. The second kappa shape index (κ2) is 10.8. The molecule has 0 N–H and O–H groups in total. The van der Waals surface area contributed by atoms with Crippen molar-refractivity contribution in [2.45, 2.75) is 32.3 Å². The molecule has 0 aromatic rings. The minimum Gasteiger partial charge on any atom is -0.373 e. The summed E-state index contributed by atoms with van der Waals surface area (Å²) in [5.41, 5.74) is 0. The molecule has 7 heteroatoms. The van der Waals surface area contributed by atoms with Gasteiger partial charge in [0.25, 0.3) is 0 Å². The summed E-state index contributed by atoms with van der Waals surface area (Å²) >= 11 is 35.3. The van der Waals surface area contributed by atoms with E-state index in [0.29, 0.717) is 13.2 Å². The number of hydrogen-bond acceptors (Lipinski definition) is 1. The van der Waals surface area contributed by atoms with Gasteiger partial charge >= 0.3 is 0 Å². The minimum absolute atomic E-state index is 0.437. The molecule has 1 aliphatic carbocycles. The van der Waals surface area contributed by atoms with Crippen LogP contribution in [0.15, 0.2) is 25.3 Å². The highest BCUT2D eigenvalue weighted by Gasteiger charge is 2.46. The molecular formula is C12H16Cl6O. The molecule has 0 aromatic heterocycles. The number of rotatable bonds is 4. The highest BCUT2D eigenvalue weighted by molar-refractivity contribution is 6.45. The molecule has 0 heterocycles. The molecule has 0 saturated heterocycles. The zero-order valence-electron chi connectivity index (χ0n) is 10.1. The third-order valence-corrected chi connectivity index (χ3v) is 6.33. The van der Waals surface area contributed by atoms with E-state index in [1.807, 2.05) is 0 Å². The molecule has 0 bridgehead atoms. The number of halogens is 6. The fourth-order valence-electron chi connectivity index (χ4n) is 1.29. The van der Waals surface area contributed by atoms with Crippen molar-refractivity contribution in [3.8, 4) is 0 Å². The zero-order chi connectivity index (χ0) is 15.0. The highest BCUT2D eigenvalue weighted by atomic mass is 35.5. The minimum atomic E-state index is -0.437. The first-order valence-corrected chi connectivity index (χ1v) is 8.14. The first-order chi connectivity index (χ1) is 8.88. The predicted molar refractivity (Wildman–Crippen MR) is 89.1 cm³/mol. The Balaban J connectivity index is 0.000000399. The van der Waals surface area contributed by atoms with Crippen molar-refractivity contribution in [1.29, 1.82) is 0 Å². The number of ether oxygens (including phenoxy) is 1. The molecule has 0 aliphatic heterocycles. The summed E-state index contributed by atoms with van der Waals surface area (Å²) < 4.78 is 4.90. The second-order valence-electron chi connectivity index (χ2n) is 3.78. The van der Waals surface area contributed by atoms with Gasteiger partial charge in [0.05, 0.1) is 45.5 Å². The Bertz CT molecular complexity index is 208. The van der Waals surface area contributed by atoms with Crippen LogP contribution in [0, 0.1) is 0 Å². The number of hydrogen-bond donors (Lipinski definition) is 0. The first-order valence-electron chi connectivity index (χ1n) is 5.52. The SMILES string of the molecule is C=CCOCC=C.Cl[C@H]1[C@H](Cl)[C@@H](Cl)[C@@H](Cl)[C@H](Cl)[C@H]1Cl. The lowest BCUT2D eigenvalue weighted by atomic mass is 9.97. The van der Waals surface area contributed by atoms with Crippen molar-refractivity contribution in [2.24, 2.45) is 0 Å². The standard InChI is InChI=1S/C6H6Cl6.C6H10O/c7-1-2(8)4(10)6(12)5(11)3(1)9;1-3-5-7-6-4-2/h1-6H;3-4H,1-2,5-6H2/t1-,2-,3-,4+,5+,6+;. The van der Waals surface area contributed by atoms with E-state index in [1.54, 1.807) is 12.2 Å². The Hall–Kier alpha value is 1.18. The van der Waals surface area contributed by atoms with E-state index in [0.717, 1.165) is 0 Å². The molecule has 19 heavy (non-hydrogen) atoms. The van der Waals surface area contributed by atoms with Crippen molar-refractivity contribution in [2.75, 3.05) is 13.2 Å². The lowest BCUT2D eigenvalue weighted by molar-refractivity contribution is 0.194. The normalized spacial score (nSPS) is 38.0. The summed E-state index contributed by atoms with van der Waals surface area (Å²) in [6.45, 7) is 8.18. The predicted octanol–water partition coefficient (Wildman–Crippen LogP) is 5.02. The van der Waals surface area contributed by atoms with Gasteiger partial charge in [0.15, 0.2) is 0 Å². The lowest BCUT2D eigenvalue weighted by Gasteiger charge is -2.37. The largest absolute Gasteiger partial charge is 0.373 e. The van der Waals surface area contributed by atoms with Gasteiger partial charge in [-0.05, 0) is 0 Å². The summed E-state index contributed by atoms with van der Waals surface area (Å²) in [6.07, 6.45) is 3.42. The van der Waals surface area contributed by atoms with E-state index in [1.165, 1.54) is 0 Å². The summed E-state index contributed by atoms with van der Waals surface area (Å²) in [6, 6.07) is 0. The molecule has 1 rings (SSSR count). The lowest BCUT2D eigenvalue weighted by Crippen LogP contribution is -2.52. The van der Waals surface area contributed by atoms with Gasteiger partial charge in [-0.3, -0.25) is 0 Å². The van der Waals surface area contributed by atoms with Crippen molar-refractivity contribution >= 4 is 69.6 Å². The topological polar surface area (TPSA) is 9.23 Å². The fraction of sp³-hybridized carbons (Fsp3) is 0.667. The van der Waals surface area contributed by atoms with Crippen LogP contribution in [-0.2, 0) is 4.74 Å². The average molecular weight is 389 g/mol. The Morgan fingerprint density at radius 3 is 1.00 bits per heavy atom. The van der Waals surface area contributed by atoms with Gasteiger partial charge in [-0.1, -0.05) is 12.2 Å². The fourth-order valence-corrected chi connectivity index (χ4v) is 3.62. The van der Waals surface area contributed by atoms with E-state index in [4.69, 9.17) is 74.3 Å². The molecule has 1 fully saturated rings. The van der Waals surface area contributed by atoms with Crippen molar-refractivity contribution in [1.82, 2.24) is 0 Å². The maximum Gasteiger partial charge on any atom is 0.0693 e. The van der Waals surface area contributed by atoms with E-state index < -0.39 is 32.3 Å². The quantitative estimate of drug-likeness (QED) is 0.373. The molecule has 0 spiro atoms. The van der Waals surface area contributed by atoms with Gasteiger partial charge < -0.3 is 4.74 Å². The Morgan fingerprint density at radius 1 is 0.632 bits per heavy atom. The molecule has 1 aliphatic rings. The van der Waals surface area contributed by atoms with Crippen LogP contribution >= 0.6 is 69.6 Å². The molecule has 1 saturated carbocycles. The van der Waals surface area contributed by atoms with Gasteiger partial charge in [0, 0.05) is 0 Å². The third-order valence-electron chi connectivity index (χ3n) is 2.30. The van der Waals surface area contributed by atoms with E-state index in [-0.39, 0.29) is 0 Å². The van der Waals surface area contributed by atoms with Gasteiger partial charge in [0.2, 0.25) is 0 Å². The smallest absolute Gasteiger partial charge is 0.0693 e. The molecular weight excluding hydrogens is 373 g/mol. The summed E-state index contributed by atoms with van der Waals surface area (Å²) in [5.74, 6) is 0. The first kappa shape index (κ1) is 20.2. The van der Waals surface area contributed by atoms with Gasteiger partial charge in [-0.25, -0.2) is 0 Å². The molecule has 1 nitrogen and oxygen atoms in total. The van der Waals surface area contributed by atoms with Crippen LogP contribution in [-0.4, -0.2) is 45.5 Å². The highest BCUT2D eigenvalue weighted by Crippen LogP contribution is 2.39. The summed E-state index contributed by atoms with van der Waals surface area (Å²) in [5, 5.41) is -2.62. The molecule has 0 unspecified atom stereocenters. The Labute approximate surface area is 144 Å². The van der Waals surface area contributed by atoms with Gasteiger partial charge in [-0.15, -0.1) is 82.8 Å². The average Bonchev–Trinajstić information content (AvgIpc) is 2.42. The van der Waals surface area contributed by atoms with Crippen LogP contribution in [0.5, 0.6) is 0 Å². The monoisotopic (exact) mass is 386 g/mol. The van der Waals surface area contributed by atoms with Crippen LogP contribution in [0.25, 0.3) is 0 Å². The Morgan fingerprint density at radius 2 is 0.842 bits per heavy atom. The van der Waals surface area contributed by atoms with Crippen LogP contribution < -0.4 is 0 Å². The maximum atomic E-state index is 5.88. The molecule has 0 atom stereocenters. The van der Waals surface area contributed by atoms with Crippen LogP contribution in [0.4, 0.5) is 0 Å².